The van der Waals surface area contributed by atoms with E-state index in [1.807, 2.05) is 48.0 Å². The third-order valence-electron chi connectivity index (χ3n) is 5.65. The van der Waals surface area contributed by atoms with Crippen LogP contribution in [0.25, 0.3) is 16.6 Å². The van der Waals surface area contributed by atoms with Gasteiger partial charge in [-0.25, -0.2) is 4.52 Å². The SMILES string of the molecule is COc1ccc(-c2ccc3c(C4CN(Cc5cccc(C)n5)CCO4)nnn3c2)cc1. The number of fused-ring (bicyclic) bond motifs is 1. The van der Waals surface area contributed by atoms with Gasteiger partial charge in [0.25, 0.3) is 0 Å². The van der Waals surface area contributed by atoms with Crippen LogP contribution in [-0.2, 0) is 11.3 Å². The van der Waals surface area contributed by atoms with Gasteiger partial charge < -0.3 is 9.47 Å². The first-order valence-corrected chi connectivity index (χ1v) is 10.5. The van der Waals surface area contributed by atoms with Crippen molar-refractivity contribution in [2.75, 3.05) is 26.8 Å². The summed E-state index contributed by atoms with van der Waals surface area (Å²) in [4.78, 5) is 7.00. The number of aromatic nitrogens is 4. The summed E-state index contributed by atoms with van der Waals surface area (Å²) in [5.74, 6) is 0.840. The van der Waals surface area contributed by atoms with Crippen molar-refractivity contribution < 1.29 is 9.47 Å². The highest BCUT2D eigenvalue weighted by molar-refractivity contribution is 5.66. The molecule has 0 saturated carbocycles. The average Bonchev–Trinajstić information content (AvgIpc) is 3.23. The highest BCUT2D eigenvalue weighted by Gasteiger charge is 2.26. The van der Waals surface area contributed by atoms with Crippen molar-refractivity contribution in [3.8, 4) is 16.9 Å². The summed E-state index contributed by atoms with van der Waals surface area (Å²) in [7, 11) is 1.67. The molecule has 3 aromatic heterocycles. The Balaban J connectivity index is 1.35. The number of nitrogens with zero attached hydrogens (tertiary/aromatic N) is 5. The van der Waals surface area contributed by atoms with Crippen LogP contribution in [0.5, 0.6) is 5.75 Å². The van der Waals surface area contributed by atoms with Crippen LogP contribution in [0.4, 0.5) is 0 Å². The predicted octanol–water partition coefficient (Wildman–Crippen LogP) is 3.68. The van der Waals surface area contributed by atoms with E-state index < -0.39 is 0 Å². The normalized spacial score (nSPS) is 17.2. The molecule has 1 aromatic carbocycles. The number of aryl methyl sites for hydroxylation is 1. The molecule has 1 unspecified atom stereocenters. The molecule has 1 saturated heterocycles. The van der Waals surface area contributed by atoms with Crippen molar-refractivity contribution >= 4 is 5.52 Å². The molecule has 0 aliphatic carbocycles. The van der Waals surface area contributed by atoms with Gasteiger partial charge >= 0.3 is 0 Å². The fraction of sp³-hybridized carbons (Fsp3) is 0.292. The Bertz CT molecular complexity index is 1190. The molecule has 1 aliphatic heterocycles. The number of pyridine rings is 2. The van der Waals surface area contributed by atoms with Crippen LogP contribution in [0, 0.1) is 6.92 Å². The van der Waals surface area contributed by atoms with Crippen LogP contribution < -0.4 is 4.74 Å². The average molecular weight is 415 g/mol. The second kappa shape index (κ2) is 8.45. The molecule has 1 fully saturated rings. The Labute approximate surface area is 181 Å². The van der Waals surface area contributed by atoms with E-state index in [2.05, 4.69) is 44.5 Å². The first-order valence-electron chi connectivity index (χ1n) is 10.5. The quantitative estimate of drug-likeness (QED) is 0.495. The Morgan fingerprint density at radius 3 is 2.71 bits per heavy atom. The van der Waals surface area contributed by atoms with Gasteiger partial charge in [0.05, 0.1) is 24.9 Å². The topological polar surface area (TPSA) is 64.8 Å². The minimum absolute atomic E-state index is 0.108. The van der Waals surface area contributed by atoms with Gasteiger partial charge in [-0.15, -0.1) is 5.10 Å². The summed E-state index contributed by atoms with van der Waals surface area (Å²) in [6.45, 7) is 5.15. The molecule has 0 spiro atoms. The summed E-state index contributed by atoms with van der Waals surface area (Å²) >= 11 is 0. The first-order chi connectivity index (χ1) is 15.2. The minimum Gasteiger partial charge on any atom is -0.497 e. The number of methoxy groups -OCH3 is 1. The van der Waals surface area contributed by atoms with Crippen molar-refractivity contribution in [3.05, 3.63) is 77.9 Å². The van der Waals surface area contributed by atoms with Crippen molar-refractivity contribution in [2.45, 2.75) is 19.6 Å². The van der Waals surface area contributed by atoms with Gasteiger partial charge in [-0.1, -0.05) is 29.5 Å². The maximum absolute atomic E-state index is 6.07. The molecule has 4 heterocycles. The number of hydrogen-bond donors (Lipinski definition) is 0. The molecule has 0 N–H and O–H groups in total. The number of benzene rings is 1. The highest BCUT2D eigenvalue weighted by Crippen LogP contribution is 2.28. The van der Waals surface area contributed by atoms with Gasteiger partial charge in [0.15, 0.2) is 0 Å². The van der Waals surface area contributed by atoms with E-state index in [9.17, 15) is 0 Å². The fourth-order valence-electron chi connectivity index (χ4n) is 4.03. The zero-order chi connectivity index (χ0) is 21.2. The second-order valence-corrected chi connectivity index (χ2v) is 7.82. The summed E-state index contributed by atoms with van der Waals surface area (Å²) in [5, 5.41) is 8.83. The lowest BCUT2D eigenvalue weighted by molar-refractivity contribution is -0.0346. The van der Waals surface area contributed by atoms with E-state index in [-0.39, 0.29) is 6.10 Å². The van der Waals surface area contributed by atoms with Crippen LogP contribution in [0.2, 0.25) is 0 Å². The molecule has 31 heavy (non-hydrogen) atoms. The summed E-state index contributed by atoms with van der Waals surface area (Å²) in [6.07, 6.45) is 1.90. The number of hydrogen-bond acceptors (Lipinski definition) is 6. The van der Waals surface area contributed by atoms with Crippen LogP contribution in [0.3, 0.4) is 0 Å². The summed E-state index contributed by atoms with van der Waals surface area (Å²) in [5.41, 5.74) is 6.15. The van der Waals surface area contributed by atoms with E-state index in [0.29, 0.717) is 6.61 Å². The predicted molar refractivity (Wildman–Crippen MR) is 118 cm³/mol. The van der Waals surface area contributed by atoms with Gasteiger partial charge in [-0.2, -0.15) is 0 Å². The fourth-order valence-corrected chi connectivity index (χ4v) is 4.03. The van der Waals surface area contributed by atoms with Gasteiger partial charge in [-0.3, -0.25) is 9.88 Å². The van der Waals surface area contributed by atoms with E-state index in [1.165, 1.54) is 0 Å². The molecule has 1 aliphatic rings. The third kappa shape index (κ3) is 4.15. The molecule has 5 rings (SSSR count). The molecular weight excluding hydrogens is 390 g/mol. The molecule has 158 valence electrons. The molecule has 0 radical (unpaired) electrons. The highest BCUT2D eigenvalue weighted by atomic mass is 16.5. The van der Waals surface area contributed by atoms with Crippen LogP contribution in [-0.4, -0.2) is 51.5 Å². The molecule has 7 nitrogen and oxygen atoms in total. The first kappa shape index (κ1) is 19.7. The van der Waals surface area contributed by atoms with E-state index in [4.69, 9.17) is 9.47 Å². The number of rotatable bonds is 5. The van der Waals surface area contributed by atoms with E-state index >= 15 is 0 Å². The monoisotopic (exact) mass is 415 g/mol. The lowest BCUT2D eigenvalue weighted by atomic mass is 10.1. The molecule has 0 amide bonds. The number of morpholine rings is 1. The summed E-state index contributed by atoms with van der Waals surface area (Å²) < 4.78 is 13.2. The maximum atomic E-state index is 6.07. The van der Waals surface area contributed by atoms with Gasteiger partial charge in [0.2, 0.25) is 0 Å². The Kier molecular flexibility index (Phi) is 5.36. The maximum Gasteiger partial charge on any atom is 0.121 e. The van der Waals surface area contributed by atoms with Gasteiger partial charge in [0, 0.05) is 37.1 Å². The lowest BCUT2D eigenvalue weighted by Crippen LogP contribution is -2.38. The molecule has 0 bridgehead atoms. The molecule has 7 heteroatoms. The zero-order valence-electron chi connectivity index (χ0n) is 17.7. The van der Waals surface area contributed by atoms with Crippen LogP contribution >= 0.6 is 0 Å². The van der Waals surface area contributed by atoms with Crippen LogP contribution in [0.1, 0.15) is 23.2 Å². The molecule has 4 aromatic rings. The lowest BCUT2D eigenvalue weighted by Gasteiger charge is -2.31. The van der Waals surface area contributed by atoms with Crippen molar-refractivity contribution in [3.63, 3.8) is 0 Å². The second-order valence-electron chi connectivity index (χ2n) is 7.82. The Hall–Kier alpha value is -3.29. The van der Waals surface area contributed by atoms with Gasteiger partial charge in [0.1, 0.15) is 17.5 Å². The largest absolute Gasteiger partial charge is 0.497 e. The zero-order valence-corrected chi connectivity index (χ0v) is 17.7. The third-order valence-corrected chi connectivity index (χ3v) is 5.65. The standard InChI is InChI=1S/C24H25N5O2/c1-17-4-3-5-20(25-17)15-28-12-13-31-23(16-28)24-22-11-8-19(14-29(22)27-26-24)18-6-9-21(30-2)10-7-18/h3-11,14,23H,12-13,15-16H2,1-2H3. The van der Waals surface area contributed by atoms with Crippen molar-refractivity contribution in [1.29, 1.82) is 0 Å². The van der Waals surface area contributed by atoms with E-state index in [1.54, 1.807) is 7.11 Å². The molecule has 1 atom stereocenters. The Morgan fingerprint density at radius 2 is 1.90 bits per heavy atom. The van der Waals surface area contributed by atoms with Gasteiger partial charge in [-0.05, 0) is 42.8 Å². The smallest absolute Gasteiger partial charge is 0.121 e. The van der Waals surface area contributed by atoms with Crippen LogP contribution in [0.15, 0.2) is 60.8 Å². The summed E-state index contributed by atoms with van der Waals surface area (Å²) in [6, 6.07) is 18.3. The van der Waals surface area contributed by atoms with Crippen molar-refractivity contribution in [1.82, 2.24) is 24.7 Å². The number of ether oxygens (including phenoxy) is 2. The van der Waals surface area contributed by atoms with E-state index in [0.717, 1.165) is 59.1 Å². The Morgan fingerprint density at radius 1 is 1.06 bits per heavy atom. The molecular formula is C24H25N5O2. The minimum atomic E-state index is -0.108. The van der Waals surface area contributed by atoms with Crippen molar-refractivity contribution in [2.24, 2.45) is 0 Å².